The number of aliphatic carboxylic acids is 2. The van der Waals surface area contributed by atoms with Crippen molar-refractivity contribution in [3.63, 3.8) is 0 Å². The third kappa shape index (κ3) is 4.00. The Hall–Kier alpha value is -3.03. The third-order valence-corrected chi connectivity index (χ3v) is 3.42. The molecule has 0 aliphatic carbocycles. The predicted octanol–water partition coefficient (Wildman–Crippen LogP) is 0.936. The number of hydrogen-bond donors (Lipinski definition) is 5. The van der Waals surface area contributed by atoms with Gasteiger partial charge in [-0.2, -0.15) is 0 Å². The van der Waals surface area contributed by atoms with Gasteiger partial charge in [0.15, 0.2) is 0 Å². The Bertz CT molecular complexity index is 740. The van der Waals surface area contributed by atoms with Gasteiger partial charge >= 0.3 is 18.0 Å². The zero-order chi connectivity index (χ0) is 17.0. The van der Waals surface area contributed by atoms with E-state index in [-0.39, 0.29) is 6.42 Å². The summed E-state index contributed by atoms with van der Waals surface area (Å²) in [5.41, 5.74) is 1.62. The van der Waals surface area contributed by atoms with Gasteiger partial charge in [0.25, 0.3) is 0 Å². The lowest BCUT2D eigenvalue weighted by Crippen LogP contribution is -2.50. The van der Waals surface area contributed by atoms with Crippen molar-refractivity contribution >= 4 is 28.9 Å². The summed E-state index contributed by atoms with van der Waals surface area (Å²) in [7, 11) is 0. The molecule has 1 aromatic carbocycles. The zero-order valence-corrected chi connectivity index (χ0v) is 12.4. The number of hydrogen-bond acceptors (Lipinski definition) is 3. The first kappa shape index (κ1) is 16.3. The number of urea groups is 1. The van der Waals surface area contributed by atoms with E-state index in [0.717, 1.165) is 16.5 Å². The Morgan fingerprint density at radius 3 is 2.48 bits per heavy atom. The highest BCUT2D eigenvalue weighted by molar-refractivity contribution is 5.87. The minimum absolute atomic E-state index is 0.0776. The van der Waals surface area contributed by atoms with E-state index in [0.29, 0.717) is 0 Å². The molecule has 8 heteroatoms. The average molecular weight is 319 g/mol. The van der Waals surface area contributed by atoms with Crippen molar-refractivity contribution in [1.29, 1.82) is 0 Å². The van der Waals surface area contributed by atoms with Crippen molar-refractivity contribution in [3.05, 3.63) is 36.0 Å². The third-order valence-electron chi connectivity index (χ3n) is 3.42. The molecule has 122 valence electrons. The number of benzene rings is 1. The molecule has 5 N–H and O–H groups in total. The number of aromatic amines is 1. The molecular weight excluding hydrogens is 302 g/mol. The summed E-state index contributed by atoms with van der Waals surface area (Å²) in [6.07, 6.45) is 1.77. The number of aromatic nitrogens is 1. The molecule has 1 heterocycles. The highest BCUT2D eigenvalue weighted by atomic mass is 16.4. The molecule has 0 aliphatic heterocycles. The second-order valence-corrected chi connectivity index (χ2v) is 5.13. The lowest BCUT2D eigenvalue weighted by Gasteiger charge is -2.16. The standard InChI is InChI=1S/C15H17N3O5/c1-8(13(19)20)17-15(23)18-12(14(21)22)6-9-7-16-11-5-3-2-4-10(9)11/h2-5,7-8,12,16H,6H2,1H3,(H,19,20)(H,21,22)(H2,17,18,23)/t8-,12-/m0/s1. The van der Waals surface area contributed by atoms with E-state index in [9.17, 15) is 19.5 Å². The number of H-pyrrole nitrogens is 1. The summed E-state index contributed by atoms with van der Waals surface area (Å²) >= 11 is 0. The smallest absolute Gasteiger partial charge is 0.326 e. The average Bonchev–Trinajstić information content (AvgIpc) is 2.89. The quantitative estimate of drug-likeness (QED) is 0.540. The molecule has 0 radical (unpaired) electrons. The van der Waals surface area contributed by atoms with Gasteiger partial charge in [0, 0.05) is 23.5 Å². The fourth-order valence-electron chi connectivity index (χ4n) is 2.18. The van der Waals surface area contributed by atoms with Gasteiger partial charge in [0.1, 0.15) is 12.1 Å². The van der Waals surface area contributed by atoms with Gasteiger partial charge in [-0.25, -0.2) is 9.59 Å². The van der Waals surface area contributed by atoms with Crippen molar-refractivity contribution in [2.24, 2.45) is 0 Å². The Balaban J connectivity index is 2.09. The van der Waals surface area contributed by atoms with E-state index in [1.807, 2.05) is 24.3 Å². The summed E-state index contributed by atoms with van der Waals surface area (Å²) in [5.74, 6) is -2.41. The molecule has 0 spiro atoms. The van der Waals surface area contributed by atoms with Crippen LogP contribution in [0.5, 0.6) is 0 Å². The molecule has 2 amide bonds. The van der Waals surface area contributed by atoms with Crippen molar-refractivity contribution < 1.29 is 24.6 Å². The van der Waals surface area contributed by atoms with E-state index in [1.54, 1.807) is 6.20 Å². The van der Waals surface area contributed by atoms with Crippen LogP contribution in [0.4, 0.5) is 4.79 Å². The number of fused-ring (bicyclic) bond motifs is 1. The molecule has 2 atom stereocenters. The van der Waals surface area contributed by atoms with Crippen LogP contribution in [0, 0.1) is 0 Å². The van der Waals surface area contributed by atoms with Crippen LogP contribution in [0.15, 0.2) is 30.5 Å². The maximum atomic E-state index is 11.7. The molecule has 23 heavy (non-hydrogen) atoms. The summed E-state index contributed by atoms with van der Waals surface area (Å²) in [6, 6.07) is 4.29. The normalized spacial score (nSPS) is 13.3. The van der Waals surface area contributed by atoms with Gasteiger partial charge in [0.05, 0.1) is 0 Å². The number of carboxylic acid groups (broad SMARTS) is 2. The minimum atomic E-state index is -1.20. The molecule has 0 saturated carbocycles. The van der Waals surface area contributed by atoms with E-state index in [4.69, 9.17) is 5.11 Å². The van der Waals surface area contributed by atoms with Crippen molar-refractivity contribution in [1.82, 2.24) is 15.6 Å². The lowest BCUT2D eigenvalue weighted by molar-refractivity contribution is -0.139. The van der Waals surface area contributed by atoms with Gasteiger partial charge in [-0.15, -0.1) is 0 Å². The van der Waals surface area contributed by atoms with Crippen molar-refractivity contribution in [2.45, 2.75) is 25.4 Å². The van der Waals surface area contributed by atoms with Gasteiger partial charge in [-0.1, -0.05) is 18.2 Å². The van der Waals surface area contributed by atoms with E-state index in [2.05, 4.69) is 15.6 Å². The molecule has 0 saturated heterocycles. The summed E-state index contributed by atoms with van der Waals surface area (Å²) in [4.78, 5) is 36.8. The molecule has 1 aromatic heterocycles. The monoisotopic (exact) mass is 319 g/mol. The van der Waals surface area contributed by atoms with Gasteiger partial charge in [0.2, 0.25) is 0 Å². The Morgan fingerprint density at radius 2 is 1.83 bits per heavy atom. The highest BCUT2D eigenvalue weighted by Gasteiger charge is 2.23. The first-order valence-corrected chi connectivity index (χ1v) is 6.96. The summed E-state index contributed by atoms with van der Waals surface area (Å²) < 4.78 is 0. The van der Waals surface area contributed by atoms with Crippen LogP contribution in [-0.4, -0.2) is 45.3 Å². The summed E-state index contributed by atoms with van der Waals surface area (Å²) in [6.45, 7) is 1.29. The second kappa shape index (κ2) is 6.82. The van der Waals surface area contributed by atoms with Crippen molar-refractivity contribution in [2.75, 3.05) is 0 Å². The Morgan fingerprint density at radius 1 is 1.13 bits per heavy atom. The fourth-order valence-corrected chi connectivity index (χ4v) is 2.18. The second-order valence-electron chi connectivity index (χ2n) is 5.13. The minimum Gasteiger partial charge on any atom is -0.480 e. The zero-order valence-electron chi connectivity index (χ0n) is 12.4. The lowest BCUT2D eigenvalue weighted by atomic mass is 10.1. The molecule has 2 rings (SSSR count). The van der Waals surface area contributed by atoms with Crippen LogP contribution >= 0.6 is 0 Å². The molecule has 0 aliphatic rings. The first-order valence-electron chi connectivity index (χ1n) is 6.96. The maximum absolute atomic E-state index is 11.7. The van der Waals surface area contributed by atoms with Crippen LogP contribution in [0.1, 0.15) is 12.5 Å². The van der Waals surface area contributed by atoms with Gasteiger partial charge < -0.3 is 25.8 Å². The number of carbonyl (C=O) groups is 3. The SMILES string of the molecule is C[C@H](NC(=O)N[C@@H](Cc1c[nH]c2ccccc12)C(=O)O)C(=O)O. The van der Waals surface area contributed by atoms with Crippen molar-refractivity contribution in [3.8, 4) is 0 Å². The fraction of sp³-hybridized carbons (Fsp3) is 0.267. The van der Waals surface area contributed by atoms with Crippen LogP contribution in [-0.2, 0) is 16.0 Å². The number of rotatable bonds is 6. The van der Waals surface area contributed by atoms with Crippen LogP contribution in [0.25, 0.3) is 10.9 Å². The largest absolute Gasteiger partial charge is 0.480 e. The number of carbonyl (C=O) groups excluding carboxylic acids is 1. The van der Waals surface area contributed by atoms with E-state index in [1.165, 1.54) is 6.92 Å². The number of carboxylic acids is 2. The van der Waals surface area contributed by atoms with Gasteiger partial charge in [-0.05, 0) is 18.6 Å². The Kier molecular flexibility index (Phi) is 4.85. The number of nitrogens with one attached hydrogen (secondary N) is 3. The van der Waals surface area contributed by atoms with Crippen LogP contribution < -0.4 is 10.6 Å². The molecular formula is C15H17N3O5. The number of amides is 2. The molecule has 0 unspecified atom stereocenters. The predicted molar refractivity (Wildman–Crippen MR) is 82.2 cm³/mol. The highest BCUT2D eigenvalue weighted by Crippen LogP contribution is 2.19. The van der Waals surface area contributed by atoms with Crippen LogP contribution in [0.3, 0.4) is 0 Å². The van der Waals surface area contributed by atoms with E-state index >= 15 is 0 Å². The summed E-state index contributed by atoms with van der Waals surface area (Å²) in [5, 5.41) is 23.3. The maximum Gasteiger partial charge on any atom is 0.326 e. The topological polar surface area (TPSA) is 132 Å². The molecule has 0 bridgehead atoms. The Labute approximate surface area is 131 Å². The van der Waals surface area contributed by atoms with E-state index < -0.39 is 30.1 Å². The number of para-hydroxylation sites is 1. The molecule has 8 nitrogen and oxygen atoms in total. The molecule has 2 aromatic rings. The molecule has 0 fully saturated rings. The first-order chi connectivity index (χ1) is 10.9. The van der Waals surface area contributed by atoms with Gasteiger partial charge in [-0.3, -0.25) is 4.79 Å². The van der Waals surface area contributed by atoms with Crippen LogP contribution in [0.2, 0.25) is 0 Å².